The summed E-state index contributed by atoms with van der Waals surface area (Å²) >= 11 is 1.60. The monoisotopic (exact) mass is 281 g/mol. The van der Waals surface area contributed by atoms with Gasteiger partial charge in [-0.25, -0.2) is 4.98 Å². The Kier molecular flexibility index (Phi) is 3.74. The second kappa shape index (κ2) is 5.84. The first kappa shape index (κ1) is 12.8. The standard InChI is InChI=1S/C16H15N3S/c1-2-12-7-9-13(10-8-12)11-17-19-16-18-14-5-3-4-6-15(14)20-16/h3-11H,2H2,1H3,(H,18,19)/b17-11-. The maximum atomic E-state index is 4.46. The normalized spacial score (nSPS) is 11.2. The highest BCUT2D eigenvalue weighted by molar-refractivity contribution is 7.22. The molecule has 1 N–H and O–H groups in total. The number of anilines is 1. The highest BCUT2D eigenvalue weighted by Gasteiger charge is 2.00. The van der Waals surface area contributed by atoms with Crippen LogP contribution in [0.3, 0.4) is 0 Å². The molecule has 0 saturated heterocycles. The van der Waals surface area contributed by atoms with Crippen molar-refractivity contribution < 1.29 is 0 Å². The first-order chi connectivity index (χ1) is 9.85. The van der Waals surface area contributed by atoms with E-state index in [-0.39, 0.29) is 0 Å². The molecule has 0 spiro atoms. The lowest BCUT2D eigenvalue weighted by molar-refractivity contribution is 1.14. The van der Waals surface area contributed by atoms with E-state index in [0.717, 1.165) is 27.3 Å². The number of hydrogen-bond donors (Lipinski definition) is 1. The predicted octanol–water partition coefficient (Wildman–Crippen LogP) is 4.30. The zero-order valence-electron chi connectivity index (χ0n) is 11.2. The smallest absolute Gasteiger partial charge is 0.204 e. The van der Waals surface area contributed by atoms with Gasteiger partial charge in [-0.05, 0) is 29.7 Å². The van der Waals surface area contributed by atoms with Crippen LogP contribution in [0.5, 0.6) is 0 Å². The zero-order chi connectivity index (χ0) is 13.8. The topological polar surface area (TPSA) is 37.3 Å². The minimum absolute atomic E-state index is 0.813. The number of nitrogens with one attached hydrogen (secondary N) is 1. The van der Waals surface area contributed by atoms with Gasteiger partial charge in [0.1, 0.15) is 0 Å². The molecule has 4 heteroatoms. The highest BCUT2D eigenvalue weighted by Crippen LogP contribution is 2.25. The number of para-hydroxylation sites is 1. The van der Waals surface area contributed by atoms with Crippen molar-refractivity contribution in [3.05, 3.63) is 59.7 Å². The summed E-state index contributed by atoms with van der Waals surface area (Å²) in [7, 11) is 0. The fraction of sp³-hybridized carbons (Fsp3) is 0.125. The number of thiazole rings is 1. The minimum Gasteiger partial charge on any atom is -0.253 e. The van der Waals surface area contributed by atoms with Crippen LogP contribution >= 0.6 is 11.3 Å². The lowest BCUT2D eigenvalue weighted by Crippen LogP contribution is -1.90. The van der Waals surface area contributed by atoms with Crippen LogP contribution in [0.4, 0.5) is 5.13 Å². The molecule has 1 aromatic heterocycles. The summed E-state index contributed by atoms with van der Waals surface area (Å²) in [5.74, 6) is 0. The maximum absolute atomic E-state index is 4.46. The van der Waals surface area contributed by atoms with Gasteiger partial charge in [0.05, 0.1) is 16.4 Å². The second-order valence-corrected chi connectivity index (χ2v) is 5.48. The first-order valence-electron chi connectivity index (χ1n) is 6.59. The first-order valence-corrected chi connectivity index (χ1v) is 7.40. The summed E-state index contributed by atoms with van der Waals surface area (Å²) in [6.07, 6.45) is 2.87. The van der Waals surface area contributed by atoms with Gasteiger partial charge in [-0.3, -0.25) is 5.43 Å². The van der Waals surface area contributed by atoms with E-state index in [0.29, 0.717) is 0 Å². The van der Waals surface area contributed by atoms with E-state index < -0.39 is 0 Å². The number of rotatable bonds is 4. The zero-order valence-corrected chi connectivity index (χ0v) is 12.0. The summed E-state index contributed by atoms with van der Waals surface area (Å²) in [5, 5.41) is 5.05. The van der Waals surface area contributed by atoms with E-state index in [2.05, 4.69) is 52.8 Å². The third-order valence-electron chi connectivity index (χ3n) is 3.06. The Labute approximate surface area is 122 Å². The molecule has 3 aromatic rings. The van der Waals surface area contributed by atoms with E-state index in [1.54, 1.807) is 11.3 Å². The number of hydrogen-bond acceptors (Lipinski definition) is 4. The molecule has 0 aliphatic carbocycles. The molecular formula is C16H15N3S. The van der Waals surface area contributed by atoms with E-state index in [1.165, 1.54) is 5.56 Å². The predicted molar refractivity (Wildman–Crippen MR) is 86.7 cm³/mol. The van der Waals surface area contributed by atoms with Crippen LogP contribution in [0.15, 0.2) is 53.6 Å². The number of benzene rings is 2. The van der Waals surface area contributed by atoms with E-state index in [9.17, 15) is 0 Å². The maximum Gasteiger partial charge on any atom is 0.204 e. The molecule has 0 aliphatic heterocycles. The van der Waals surface area contributed by atoms with Crippen LogP contribution < -0.4 is 5.43 Å². The van der Waals surface area contributed by atoms with Gasteiger partial charge in [-0.1, -0.05) is 54.7 Å². The highest BCUT2D eigenvalue weighted by atomic mass is 32.1. The van der Waals surface area contributed by atoms with Crippen molar-refractivity contribution in [3.8, 4) is 0 Å². The Morgan fingerprint density at radius 1 is 1.15 bits per heavy atom. The largest absolute Gasteiger partial charge is 0.253 e. The fourth-order valence-electron chi connectivity index (χ4n) is 1.92. The van der Waals surface area contributed by atoms with E-state index in [4.69, 9.17) is 0 Å². The molecule has 3 nitrogen and oxygen atoms in total. The summed E-state index contributed by atoms with van der Waals surface area (Å²) < 4.78 is 1.16. The second-order valence-electron chi connectivity index (χ2n) is 4.45. The Hall–Kier alpha value is -2.20. The number of aryl methyl sites for hydroxylation is 1. The molecule has 2 aromatic carbocycles. The van der Waals surface area contributed by atoms with Gasteiger partial charge in [0.2, 0.25) is 5.13 Å². The number of aromatic nitrogens is 1. The van der Waals surface area contributed by atoms with Gasteiger partial charge in [-0.2, -0.15) is 5.10 Å². The molecule has 0 fully saturated rings. The molecular weight excluding hydrogens is 266 g/mol. The Bertz CT molecular complexity index is 696. The summed E-state index contributed by atoms with van der Waals surface area (Å²) in [6, 6.07) is 16.5. The lowest BCUT2D eigenvalue weighted by atomic mass is 10.1. The van der Waals surface area contributed by atoms with Crippen LogP contribution in [0.25, 0.3) is 10.2 Å². The molecule has 0 aliphatic rings. The van der Waals surface area contributed by atoms with Crippen LogP contribution in [0.2, 0.25) is 0 Å². The molecule has 0 saturated carbocycles. The molecule has 100 valence electrons. The molecule has 1 heterocycles. The van der Waals surface area contributed by atoms with E-state index >= 15 is 0 Å². The Balaban J connectivity index is 1.69. The third-order valence-corrected chi connectivity index (χ3v) is 4.00. The van der Waals surface area contributed by atoms with Crippen molar-refractivity contribution in [2.75, 3.05) is 5.43 Å². The third kappa shape index (κ3) is 2.86. The Morgan fingerprint density at radius 2 is 1.95 bits per heavy atom. The summed E-state index contributed by atoms with van der Waals surface area (Å²) in [5.41, 5.74) is 6.40. The van der Waals surface area contributed by atoms with Gasteiger partial charge < -0.3 is 0 Å². The van der Waals surface area contributed by atoms with Crippen LogP contribution in [-0.2, 0) is 6.42 Å². The molecule has 0 amide bonds. The van der Waals surface area contributed by atoms with Crippen LogP contribution in [0.1, 0.15) is 18.1 Å². The van der Waals surface area contributed by atoms with Gasteiger partial charge >= 0.3 is 0 Å². The lowest BCUT2D eigenvalue weighted by Gasteiger charge is -1.97. The Morgan fingerprint density at radius 3 is 2.70 bits per heavy atom. The average molecular weight is 281 g/mol. The molecule has 3 rings (SSSR count). The van der Waals surface area contributed by atoms with Crippen molar-refractivity contribution in [2.45, 2.75) is 13.3 Å². The fourth-order valence-corrected chi connectivity index (χ4v) is 2.74. The van der Waals surface area contributed by atoms with Crippen LogP contribution in [-0.4, -0.2) is 11.2 Å². The molecule has 0 atom stereocenters. The van der Waals surface area contributed by atoms with Crippen molar-refractivity contribution in [3.63, 3.8) is 0 Å². The van der Waals surface area contributed by atoms with Gasteiger partial charge in [0.15, 0.2) is 0 Å². The van der Waals surface area contributed by atoms with E-state index in [1.807, 2.05) is 24.4 Å². The van der Waals surface area contributed by atoms with Crippen molar-refractivity contribution in [1.82, 2.24) is 4.98 Å². The summed E-state index contributed by atoms with van der Waals surface area (Å²) in [4.78, 5) is 4.46. The number of fused-ring (bicyclic) bond motifs is 1. The molecule has 0 bridgehead atoms. The van der Waals surface area contributed by atoms with Gasteiger partial charge in [0.25, 0.3) is 0 Å². The number of nitrogens with zero attached hydrogens (tertiary/aromatic N) is 2. The van der Waals surface area contributed by atoms with Gasteiger partial charge in [-0.15, -0.1) is 0 Å². The van der Waals surface area contributed by atoms with Crippen molar-refractivity contribution in [2.24, 2.45) is 5.10 Å². The SMILES string of the molecule is CCc1ccc(/C=N\Nc2nc3ccccc3s2)cc1. The van der Waals surface area contributed by atoms with Crippen molar-refractivity contribution >= 4 is 32.9 Å². The van der Waals surface area contributed by atoms with Gasteiger partial charge in [0, 0.05) is 0 Å². The number of hydrazone groups is 1. The molecule has 0 unspecified atom stereocenters. The quantitative estimate of drug-likeness (QED) is 0.571. The van der Waals surface area contributed by atoms with Crippen molar-refractivity contribution in [1.29, 1.82) is 0 Å². The molecule has 0 radical (unpaired) electrons. The molecule has 20 heavy (non-hydrogen) atoms. The minimum atomic E-state index is 0.813. The van der Waals surface area contributed by atoms with Crippen LogP contribution in [0, 0.1) is 0 Å². The average Bonchev–Trinajstić information content (AvgIpc) is 2.90. The summed E-state index contributed by atoms with van der Waals surface area (Å²) in [6.45, 7) is 2.15.